The fourth-order valence-corrected chi connectivity index (χ4v) is 2.32. The van der Waals surface area contributed by atoms with Gasteiger partial charge < -0.3 is 11.5 Å². The number of anilines is 1. The lowest BCUT2D eigenvalue weighted by Gasteiger charge is -2.15. The van der Waals surface area contributed by atoms with E-state index in [1.54, 1.807) is 13.0 Å². The molecule has 0 aliphatic carbocycles. The number of nitrogens with zero attached hydrogens (tertiary/aromatic N) is 1. The molecule has 6 heteroatoms. The van der Waals surface area contributed by atoms with E-state index in [2.05, 4.69) is 4.98 Å². The number of aryl methyl sites for hydroxylation is 1. The van der Waals surface area contributed by atoms with E-state index in [0.29, 0.717) is 17.7 Å². The topological polar surface area (TPSA) is 99.1 Å². The maximum atomic E-state index is 11.5. The van der Waals surface area contributed by atoms with Gasteiger partial charge in [-0.2, -0.15) is 0 Å². The van der Waals surface area contributed by atoms with Crippen molar-refractivity contribution in [1.82, 2.24) is 4.98 Å². The molecular weight excluding hydrogens is 226 g/mol. The molecule has 0 saturated carbocycles. The molecule has 0 aliphatic heterocycles. The molecule has 0 amide bonds. The SMILES string of the molecule is CC[C@H](N)c1cc(C)nc(S(C)(=O)=O)c1N. The molecule has 1 rings (SSSR count). The third kappa shape index (κ3) is 2.51. The molecule has 0 aliphatic rings. The molecule has 0 fully saturated rings. The second-order valence-electron chi connectivity index (χ2n) is 3.86. The molecule has 4 N–H and O–H groups in total. The van der Waals surface area contributed by atoms with Crippen molar-refractivity contribution in [1.29, 1.82) is 0 Å². The lowest BCUT2D eigenvalue weighted by Crippen LogP contribution is -2.16. The highest BCUT2D eigenvalue weighted by Crippen LogP contribution is 2.26. The minimum Gasteiger partial charge on any atom is -0.396 e. The third-order valence-corrected chi connectivity index (χ3v) is 3.39. The summed E-state index contributed by atoms with van der Waals surface area (Å²) >= 11 is 0. The van der Waals surface area contributed by atoms with E-state index in [0.717, 1.165) is 6.26 Å². The highest BCUT2D eigenvalue weighted by molar-refractivity contribution is 7.90. The van der Waals surface area contributed by atoms with Gasteiger partial charge >= 0.3 is 0 Å². The fraction of sp³-hybridized carbons (Fsp3) is 0.500. The van der Waals surface area contributed by atoms with Crippen molar-refractivity contribution in [3.05, 3.63) is 17.3 Å². The first-order chi connectivity index (χ1) is 7.27. The molecule has 1 atom stereocenters. The van der Waals surface area contributed by atoms with E-state index in [9.17, 15) is 8.42 Å². The standard InChI is InChI=1S/C10H17N3O2S/c1-4-8(11)7-5-6(2)13-10(9(7)12)16(3,14)15/h5,8H,4,11-12H2,1-3H3/t8-/m0/s1. The van der Waals surface area contributed by atoms with Crippen molar-refractivity contribution in [3.63, 3.8) is 0 Å². The van der Waals surface area contributed by atoms with E-state index in [1.165, 1.54) is 0 Å². The van der Waals surface area contributed by atoms with Gasteiger partial charge in [0, 0.05) is 18.0 Å². The molecule has 0 spiro atoms. The van der Waals surface area contributed by atoms with Crippen LogP contribution >= 0.6 is 0 Å². The lowest BCUT2D eigenvalue weighted by molar-refractivity contribution is 0.597. The van der Waals surface area contributed by atoms with Gasteiger partial charge in [-0.3, -0.25) is 0 Å². The summed E-state index contributed by atoms with van der Waals surface area (Å²) < 4.78 is 23.0. The van der Waals surface area contributed by atoms with Crippen LogP contribution in [0.3, 0.4) is 0 Å². The third-order valence-electron chi connectivity index (χ3n) is 2.37. The van der Waals surface area contributed by atoms with Crippen molar-refractivity contribution in [2.75, 3.05) is 12.0 Å². The van der Waals surface area contributed by atoms with Gasteiger partial charge in [-0.05, 0) is 25.0 Å². The van der Waals surface area contributed by atoms with Gasteiger partial charge in [0.05, 0.1) is 5.69 Å². The zero-order valence-corrected chi connectivity index (χ0v) is 10.5. The Bertz CT molecular complexity index is 497. The van der Waals surface area contributed by atoms with Crippen LogP contribution in [0.2, 0.25) is 0 Å². The summed E-state index contributed by atoms with van der Waals surface area (Å²) in [5.41, 5.74) is 13.1. The van der Waals surface area contributed by atoms with Crippen molar-refractivity contribution in [2.45, 2.75) is 31.3 Å². The highest BCUT2D eigenvalue weighted by atomic mass is 32.2. The van der Waals surface area contributed by atoms with E-state index in [1.807, 2.05) is 6.92 Å². The number of hydrogen-bond donors (Lipinski definition) is 2. The zero-order valence-electron chi connectivity index (χ0n) is 9.69. The van der Waals surface area contributed by atoms with Gasteiger partial charge in [0.25, 0.3) is 0 Å². The molecule has 1 heterocycles. The second-order valence-corrected chi connectivity index (χ2v) is 5.79. The second kappa shape index (κ2) is 4.39. The van der Waals surface area contributed by atoms with Crippen LogP contribution in [0.25, 0.3) is 0 Å². The van der Waals surface area contributed by atoms with E-state index < -0.39 is 9.84 Å². The van der Waals surface area contributed by atoms with Crippen LogP contribution in [0.15, 0.2) is 11.1 Å². The number of aromatic nitrogens is 1. The van der Waals surface area contributed by atoms with Crippen LogP contribution in [-0.2, 0) is 9.84 Å². The number of hydrogen-bond acceptors (Lipinski definition) is 5. The number of nitrogen functional groups attached to an aromatic ring is 1. The zero-order chi connectivity index (χ0) is 12.5. The monoisotopic (exact) mass is 243 g/mol. The normalized spacial score (nSPS) is 13.8. The van der Waals surface area contributed by atoms with Crippen molar-refractivity contribution >= 4 is 15.5 Å². The van der Waals surface area contributed by atoms with Gasteiger partial charge in [-0.15, -0.1) is 0 Å². The molecule has 0 saturated heterocycles. The Morgan fingerprint density at radius 1 is 1.50 bits per heavy atom. The predicted molar refractivity (Wildman–Crippen MR) is 63.7 cm³/mol. The van der Waals surface area contributed by atoms with Gasteiger partial charge in [-0.1, -0.05) is 6.92 Å². The van der Waals surface area contributed by atoms with Crippen molar-refractivity contribution < 1.29 is 8.42 Å². The minimum atomic E-state index is -3.41. The Hall–Kier alpha value is -1.14. The Labute approximate surface area is 95.8 Å². The lowest BCUT2D eigenvalue weighted by atomic mass is 10.0. The van der Waals surface area contributed by atoms with Crippen LogP contribution in [0.5, 0.6) is 0 Å². The molecule has 0 radical (unpaired) electrons. The molecule has 5 nitrogen and oxygen atoms in total. The Morgan fingerprint density at radius 2 is 2.06 bits per heavy atom. The average molecular weight is 243 g/mol. The summed E-state index contributed by atoms with van der Waals surface area (Å²) in [6.07, 6.45) is 1.78. The molecule has 90 valence electrons. The molecule has 0 aromatic carbocycles. The fourth-order valence-electron chi connectivity index (χ4n) is 1.49. The van der Waals surface area contributed by atoms with E-state index >= 15 is 0 Å². The summed E-state index contributed by atoms with van der Waals surface area (Å²) in [5.74, 6) is 0. The van der Waals surface area contributed by atoms with Gasteiger partial charge in [-0.25, -0.2) is 13.4 Å². The Morgan fingerprint density at radius 3 is 2.50 bits per heavy atom. The first-order valence-corrected chi connectivity index (χ1v) is 6.89. The molecule has 1 aromatic rings. The maximum absolute atomic E-state index is 11.5. The Kier molecular flexibility index (Phi) is 3.54. The van der Waals surface area contributed by atoms with Crippen molar-refractivity contribution in [2.24, 2.45) is 5.73 Å². The molecule has 16 heavy (non-hydrogen) atoms. The van der Waals surface area contributed by atoms with Crippen LogP contribution in [0, 0.1) is 6.92 Å². The van der Waals surface area contributed by atoms with Gasteiger partial charge in [0.1, 0.15) is 0 Å². The summed E-state index contributed by atoms with van der Waals surface area (Å²) in [7, 11) is -3.41. The van der Waals surface area contributed by atoms with Crippen LogP contribution in [0.4, 0.5) is 5.69 Å². The van der Waals surface area contributed by atoms with Gasteiger partial charge in [0.15, 0.2) is 14.9 Å². The number of nitrogens with two attached hydrogens (primary N) is 2. The number of sulfone groups is 1. The maximum Gasteiger partial charge on any atom is 0.194 e. The van der Waals surface area contributed by atoms with Crippen LogP contribution < -0.4 is 11.5 Å². The van der Waals surface area contributed by atoms with Crippen LogP contribution in [-0.4, -0.2) is 19.7 Å². The van der Waals surface area contributed by atoms with Crippen molar-refractivity contribution in [3.8, 4) is 0 Å². The Balaban J connectivity index is 3.50. The molecule has 0 unspecified atom stereocenters. The highest BCUT2D eigenvalue weighted by Gasteiger charge is 2.19. The predicted octanol–water partition coefficient (Wildman–Crippen LogP) is 0.786. The quantitative estimate of drug-likeness (QED) is 0.817. The average Bonchev–Trinajstić information content (AvgIpc) is 2.18. The first kappa shape index (κ1) is 12.9. The number of rotatable bonds is 3. The smallest absolute Gasteiger partial charge is 0.194 e. The number of pyridine rings is 1. The molecule has 1 aromatic heterocycles. The minimum absolute atomic E-state index is 0.0774. The first-order valence-electron chi connectivity index (χ1n) is 5.00. The van der Waals surface area contributed by atoms with E-state index in [4.69, 9.17) is 11.5 Å². The largest absolute Gasteiger partial charge is 0.396 e. The van der Waals surface area contributed by atoms with Gasteiger partial charge in [0.2, 0.25) is 0 Å². The van der Waals surface area contributed by atoms with Crippen LogP contribution in [0.1, 0.15) is 30.6 Å². The molecular formula is C10H17N3O2S. The summed E-state index contributed by atoms with van der Waals surface area (Å²) in [4.78, 5) is 3.95. The molecule has 0 bridgehead atoms. The summed E-state index contributed by atoms with van der Waals surface area (Å²) in [5, 5.41) is -0.0774. The summed E-state index contributed by atoms with van der Waals surface area (Å²) in [6.45, 7) is 3.64. The summed E-state index contributed by atoms with van der Waals surface area (Å²) in [6, 6.07) is 1.47. The van der Waals surface area contributed by atoms with E-state index in [-0.39, 0.29) is 16.8 Å².